The van der Waals surface area contributed by atoms with Gasteiger partial charge in [0, 0.05) is 25.3 Å². The van der Waals surface area contributed by atoms with E-state index in [1.807, 2.05) is 0 Å². The summed E-state index contributed by atoms with van der Waals surface area (Å²) in [5, 5.41) is 3.54. The lowest BCUT2D eigenvalue weighted by Crippen LogP contribution is -2.51. The van der Waals surface area contributed by atoms with Crippen LogP contribution in [-0.2, 0) is 17.6 Å². The molecule has 8 heteroatoms. The number of nitrogens with zero attached hydrogens (tertiary/aromatic N) is 4. The quantitative estimate of drug-likeness (QED) is 0.365. The highest BCUT2D eigenvalue weighted by atomic mass is 32.3. The van der Waals surface area contributed by atoms with Gasteiger partial charge in [-0.25, -0.2) is 15.0 Å². The maximum atomic E-state index is 6.05. The van der Waals surface area contributed by atoms with E-state index in [4.69, 9.17) is 19.4 Å². The van der Waals surface area contributed by atoms with E-state index < -0.39 is 10.0 Å². The molecule has 0 saturated carbocycles. The predicted octanol–water partition coefficient (Wildman–Crippen LogP) is 5.74. The molecular weight excluding hydrogens is 530 g/mol. The van der Waals surface area contributed by atoms with Crippen molar-refractivity contribution in [3.05, 3.63) is 70.6 Å². The van der Waals surface area contributed by atoms with Crippen molar-refractivity contribution in [3.8, 4) is 5.88 Å². The number of hydrogen-bond acceptors (Lipinski definition) is 7. The number of morpholine rings is 1. The van der Waals surface area contributed by atoms with Crippen molar-refractivity contribution in [3.63, 3.8) is 0 Å². The number of hydrogen-bond donors (Lipinski definition) is 1. The summed E-state index contributed by atoms with van der Waals surface area (Å²) in [5.41, 5.74) is 7.96. The lowest BCUT2D eigenvalue weighted by molar-refractivity contribution is 0.00231. The van der Waals surface area contributed by atoms with Gasteiger partial charge in [-0.1, -0.05) is 37.3 Å². The van der Waals surface area contributed by atoms with Crippen LogP contribution in [0.25, 0.3) is 0 Å². The van der Waals surface area contributed by atoms with Crippen LogP contribution in [0.3, 0.4) is 0 Å². The molecule has 2 saturated heterocycles. The van der Waals surface area contributed by atoms with E-state index in [1.165, 1.54) is 46.7 Å². The number of allylic oxidation sites excluding steroid dienone is 4. The van der Waals surface area contributed by atoms with E-state index in [0.717, 1.165) is 56.0 Å². The molecular formula is C33H47N5O2S. The lowest BCUT2D eigenvalue weighted by Gasteiger charge is -2.38. The number of benzene rings is 1. The highest BCUT2D eigenvalue weighted by Crippen LogP contribution is 2.46. The lowest BCUT2D eigenvalue weighted by atomic mass is 9.98. The number of aryl methyl sites for hydroxylation is 2. The highest BCUT2D eigenvalue weighted by molar-refractivity contribution is 8.32. The van der Waals surface area contributed by atoms with Gasteiger partial charge in [0.05, 0.1) is 25.5 Å². The van der Waals surface area contributed by atoms with E-state index >= 15 is 0 Å². The fourth-order valence-electron chi connectivity index (χ4n) is 5.61. The normalized spacial score (nSPS) is 19.9. The minimum atomic E-state index is -0.756. The van der Waals surface area contributed by atoms with Crippen LogP contribution < -0.4 is 15.0 Å². The van der Waals surface area contributed by atoms with Crippen molar-refractivity contribution in [2.75, 3.05) is 75.4 Å². The number of anilines is 2. The largest absolute Gasteiger partial charge is 0.479 e. The van der Waals surface area contributed by atoms with Gasteiger partial charge in [0.2, 0.25) is 11.8 Å². The molecule has 0 bridgehead atoms. The van der Waals surface area contributed by atoms with Gasteiger partial charge in [0.25, 0.3) is 0 Å². The molecule has 1 unspecified atom stereocenters. The Kier molecular flexibility index (Phi) is 9.12. The van der Waals surface area contributed by atoms with Gasteiger partial charge in [0.15, 0.2) is 0 Å². The van der Waals surface area contributed by atoms with Gasteiger partial charge in [-0.2, -0.15) is 4.98 Å². The molecule has 1 aromatic carbocycles. The molecule has 2 aromatic rings. The Morgan fingerprint density at radius 2 is 1.98 bits per heavy atom. The number of rotatable bonds is 11. The zero-order valence-corrected chi connectivity index (χ0v) is 26.6. The molecule has 222 valence electrons. The topological polar surface area (TPSA) is 62.8 Å². The first kappa shape index (κ1) is 29.7. The standard InChI is InChI=1S/C33H47N5O2S/c1-8-30-31(32(39-4)36-33(35-30)38-16-17-40-28(22-38)21-37-14-9-15-37)34-24(3)26-12-11-25(18-26)19-27-20-29(41(5,6)7)13-10-23(27)2/h10-13,20,28,34H,3,8-9,14-19,21-22H2,1-2,4-7H3. The molecule has 5 rings (SSSR count). The molecule has 0 spiro atoms. The van der Waals surface area contributed by atoms with E-state index in [2.05, 4.69) is 84.7 Å². The van der Waals surface area contributed by atoms with Crippen LogP contribution in [0.2, 0.25) is 0 Å². The Hall–Kier alpha value is -2.81. The maximum Gasteiger partial charge on any atom is 0.242 e. The van der Waals surface area contributed by atoms with Crippen LogP contribution in [0.4, 0.5) is 11.6 Å². The third-order valence-electron chi connectivity index (χ3n) is 8.35. The molecule has 3 heterocycles. The molecule has 2 fully saturated rings. The van der Waals surface area contributed by atoms with Crippen LogP contribution in [0.15, 0.2) is 58.7 Å². The second kappa shape index (κ2) is 12.6. The first-order chi connectivity index (χ1) is 19.6. The zero-order chi connectivity index (χ0) is 29.1. The fourth-order valence-corrected chi connectivity index (χ4v) is 6.58. The summed E-state index contributed by atoms with van der Waals surface area (Å²) >= 11 is 0. The average Bonchev–Trinajstić information content (AvgIpc) is 3.40. The van der Waals surface area contributed by atoms with Gasteiger partial charge >= 0.3 is 0 Å². The van der Waals surface area contributed by atoms with Crippen LogP contribution in [0, 0.1) is 6.92 Å². The third kappa shape index (κ3) is 6.99. The number of ether oxygens (including phenoxy) is 2. The van der Waals surface area contributed by atoms with E-state index in [0.29, 0.717) is 18.4 Å². The summed E-state index contributed by atoms with van der Waals surface area (Å²) in [6.45, 7) is 14.3. The minimum absolute atomic E-state index is 0.179. The molecule has 1 aliphatic carbocycles. The molecule has 0 radical (unpaired) electrons. The predicted molar refractivity (Wildman–Crippen MR) is 173 cm³/mol. The Balaban J connectivity index is 1.25. The van der Waals surface area contributed by atoms with E-state index in [9.17, 15) is 0 Å². The summed E-state index contributed by atoms with van der Waals surface area (Å²) in [6, 6.07) is 6.98. The molecule has 0 amide bonds. The summed E-state index contributed by atoms with van der Waals surface area (Å²) in [4.78, 5) is 16.0. The number of likely N-dealkylation sites (tertiary alicyclic amines) is 1. The van der Waals surface area contributed by atoms with Crippen molar-refractivity contribution >= 4 is 21.7 Å². The average molecular weight is 578 g/mol. The Labute approximate surface area is 248 Å². The van der Waals surface area contributed by atoms with Crippen molar-refractivity contribution in [1.29, 1.82) is 0 Å². The third-order valence-corrected chi connectivity index (χ3v) is 10.0. The second-order valence-corrected chi connectivity index (χ2v) is 16.3. The molecule has 1 atom stereocenters. The smallest absolute Gasteiger partial charge is 0.242 e. The van der Waals surface area contributed by atoms with Crippen molar-refractivity contribution in [2.24, 2.45) is 0 Å². The van der Waals surface area contributed by atoms with Crippen molar-refractivity contribution in [2.45, 2.75) is 50.5 Å². The highest BCUT2D eigenvalue weighted by Gasteiger charge is 2.28. The number of methoxy groups -OCH3 is 1. The fraction of sp³-hybridized carbons (Fsp3) is 0.515. The van der Waals surface area contributed by atoms with Crippen LogP contribution in [-0.4, -0.2) is 86.2 Å². The van der Waals surface area contributed by atoms with Gasteiger partial charge < -0.3 is 24.6 Å². The summed E-state index contributed by atoms with van der Waals surface area (Å²) in [7, 11) is 0.920. The molecule has 1 N–H and O–H groups in total. The molecule has 1 aromatic heterocycles. The van der Waals surface area contributed by atoms with Crippen LogP contribution in [0.1, 0.15) is 36.6 Å². The SMILES string of the molecule is C=C(Nc1c(CC)nc(N2CCOC(CN3CCC3)C2)nc1OC)C1=CC=C(Cc2cc(S(C)(C)C)ccc2C)C1. The first-order valence-corrected chi connectivity index (χ1v) is 17.7. The molecule has 3 aliphatic rings. The summed E-state index contributed by atoms with van der Waals surface area (Å²) in [6.07, 6.45) is 15.6. The number of nitrogens with one attached hydrogen (secondary N) is 1. The van der Waals surface area contributed by atoms with Gasteiger partial charge in [-0.05, 0) is 98.2 Å². The molecule has 41 heavy (non-hydrogen) atoms. The van der Waals surface area contributed by atoms with Gasteiger partial charge in [-0.15, -0.1) is 0 Å². The van der Waals surface area contributed by atoms with Crippen molar-refractivity contribution < 1.29 is 9.47 Å². The minimum Gasteiger partial charge on any atom is -0.479 e. The van der Waals surface area contributed by atoms with Crippen molar-refractivity contribution in [1.82, 2.24) is 14.9 Å². The summed E-state index contributed by atoms with van der Waals surface area (Å²) in [5.74, 6) is 1.27. The first-order valence-electron chi connectivity index (χ1n) is 14.8. The van der Waals surface area contributed by atoms with Crippen LogP contribution in [0.5, 0.6) is 5.88 Å². The molecule has 2 aliphatic heterocycles. The maximum absolute atomic E-state index is 6.05. The van der Waals surface area contributed by atoms with Gasteiger partial charge in [-0.3, -0.25) is 0 Å². The molecule has 7 nitrogen and oxygen atoms in total. The monoisotopic (exact) mass is 577 g/mol. The van der Waals surface area contributed by atoms with Gasteiger partial charge in [0.1, 0.15) is 5.69 Å². The zero-order valence-electron chi connectivity index (χ0n) is 25.8. The van der Waals surface area contributed by atoms with E-state index in [-0.39, 0.29) is 6.10 Å². The second-order valence-electron chi connectivity index (χ2n) is 12.2. The Bertz CT molecular complexity index is 1320. The Morgan fingerprint density at radius 3 is 2.66 bits per heavy atom. The number of aromatic nitrogens is 2. The van der Waals surface area contributed by atoms with Crippen LogP contribution >= 0.6 is 10.0 Å². The summed E-state index contributed by atoms with van der Waals surface area (Å²) < 4.78 is 11.9. The van der Waals surface area contributed by atoms with E-state index in [1.54, 1.807) is 7.11 Å². The Morgan fingerprint density at radius 1 is 1.17 bits per heavy atom.